The summed E-state index contributed by atoms with van der Waals surface area (Å²) < 4.78 is 0. The minimum absolute atomic E-state index is 0.0238. The predicted molar refractivity (Wildman–Crippen MR) is 147 cm³/mol. The van der Waals surface area contributed by atoms with E-state index in [1.54, 1.807) is 73.2 Å². The highest BCUT2D eigenvalue weighted by molar-refractivity contribution is 5.86. The standard InChI is InChI=1S/C27H32N6O3/c28-23-8-9-26(35)22(16-23)19-32-12-15-33(13-10-30-17-20-4-1-2-7-25(20)34)14-11-31-18-21-5-3-6-24(29)27(21)36/h1-9,16-19,34-36H,10-15,28-29H2. The zero-order valence-electron chi connectivity index (χ0n) is 20.0. The number of hydrogen-bond acceptors (Lipinski definition) is 9. The van der Waals surface area contributed by atoms with Crippen LogP contribution in [0.1, 0.15) is 16.7 Å². The topological polar surface area (TPSA) is 153 Å². The van der Waals surface area contributed by atoms with Gasteiger partial charge in [0.15, 0.2) is 0 Å². The fourth-order valence-electron chi connectivity index (χ4n) is 3.38. The number of aliphatic imine (C=N–C) groups is 3. The number of rotatable bonds is 12. The largest absolute Gasteiger partial charge is 0.507 e. The van der Waals surface area contributed by atoms with Gasteiger partial charge in [-0.25, -0.2) is 0 Å². The molecule has 188 valence electrons. The molecule has 3 rings (SSSR count). The van der Waals surface area contributed by atoms with Crippen molar-refractivity contribution in [2.24, 2.45) is 15.0 Å². The summed E-state index contributed by atoms with van der Waals surface area (Å²) in [7, 11) is 0. The molecule has 0 aliphatic heterocycles. The van der Waals surface area contributed by atoms with Crippen molar-refractivity contribution in [1.29, 1.82) is 0 Å². The Hall–Kier alpha value is -4.37. The number of hydrogen-bond donors (Lipinski definition) is 5. The number of nitrogen functional groups attached to an aromatic ring is 2. The minimum Gasteiger partial charge on any atom is -0.507 e. The number of benzene rings is 3. The van der Waals surface area contributed by atoms with E-state index in [4.69, 9.17) is 11.5 Å². The average Bonchev–Trinajstić information content (AvgIpc) is 2.87. The molecule has 0 aromatic heterocycles. The normalized spacial score (nSPS) is 11.9. The third kappa shape index (κ3) is 8.14. The van der Waals surface area contributed by atoms with Crippen LogP contribution in [0.15, 0.2) is 75.6 Å². The number of para-hydroxylation sites is 2. The zero-order chi connectivity index (χ0) is 25.8. The van der Waals surface area contributed by atoms with E-state index in [0.29, 0.717) is 67.3 Å². The van der Waals surface area contributed by atoms with Crippen LogP contribution in [0.4, 0.5) is 11.4 Å². The SMILES string of the molecule is Nc1ccc(O)c(C=NCCN(CCN=Cc2ccccc2O)CCN=Cc2cccc(N)c2O)c1. The number of nitrogens with zero attached hydrogens (tertiary/aromatic N) is 4. The molecule has 0 saturated heterocycles. The van der Waals surface area contributed by atoms with Crippen LogP contribution in [-0.4, -0.2) is 78.1 Å². The number of anilines is 2. The quantitative estimate of drug-likeness (QED) is 0.114. The molecule has 3 aromatic rings. The first kappa shape index (κ1) is 26.2. The Kier molecular flexibility index (Phi) is 9.84. The van der Waals surface area contributed by atoms with E-state index in [0.717, 1.165) is 0 Å². The molecule has 0 spiro atoms. The van der Waals surface area contributed by atoms with Crippen molar-refractivity contribution in [3.05, 3.63) is 77.4 Å². The molecule has 0 radical (unpaired) electrons. The molecule has 7 N–H and O–H groups in total. The molecule has 0 fully saturated rings. The summed E-state index contributed by atoms with van der Waals surface area (Å²) in [5, 5.41) is 29.9. The molecule has 9 heteroatoms. The Labute approximate surface area is 210 Å². The van der Waals surface area contributed by atoms with Crippen LogP contribution in [0, 0.1) is 0 Å². The van der Waals surface area contributed by atoms with Crippen LogP contribution in [0.3, 0.4) is 0 Å². The van der Waals surface area contributed by atoms with E-state index in [9.17, 15) is 15.3 Å². The van der Waals surface area contributed by atoms with Crippen LogP contribution < -0.4 is 11.5 Å². The molecule has 0 saturated carbocycles. The van der Waals surface area contributed by atoms with Crippen LogP contribution in [0.25, 0.3) is 0 Å². The van der Waals surface area contributed by atoms with Gasteiger partial charge in [-0.05, 0) is 42.5 Å². The van der Waals surface area contributed by atoms with Gasteiger partial charge in [0.2, 0.25) is 0 Å². The van der Waals surface area contributed by atoms with Crippen molar-refractivity contribution in [3.8, 4) is 17.2 Å². The van der Waals surface area contributed by atoms with E-state index in [1.165, 1.54) is 0 Å². The second-order valence-electron chi connectivity index (χ2n) is 8.11. The molecule has 0 atom stereocenters. The third-order valence-electron chi connectivity index (χ3n) is 5.41. The Bertz CT molecular complexity index is 1210. The number of phenolic OH excluding ortho intramolecular Hbond substituents is 3. The maximum atomic E-state index is 10.0. The third-order valence-corrected chi connectivity index (χ3v) is 5.41. The van der Waals surface area contributed by atoms with Crippen molar-refractivity contribution in [2.45, 2.75) is 0 Å². The summed E-state index contributed by atoms with van der Waals surface area (Å²) >= 11 is 0. The maximum absolute atomic E-state index is 10.0. The van der Waals surface area contributed by atoms with Crippen LogP contribution >= 0.6 is 0 Å². The van der Waals surface area contributed by atoms with E-state index >= 15 is 0 Å². The summed E-state index contributed by atoms with van der Waals surface area (Å²) in [5.74, 6) is 0.342. The van der Waals surface area contributed by atoms with Crippen LogP contribution in [0.5, 0.6) is 17.2 Å². The first-order valence-corrected chi connectivity index (χ1v) is 11.6. The van der Waals surface area contributed by atoms with Crippen molar-refractivity contribution in [2.75, 3.05) is 50.7 Å². The van der Waals surface area contributed by atoms with Crippen LogP contribution in [0.2, 0.25) is 0 Å². The van der Waals surface area contributed by atoms with Crippen molar-refractivity contribution < 1.29 is 15.3 Å². The van der Waals surface area contributed by atoms with Gasteiger partial charge in [-0.1, -0.05) is 18.2 Å². The highest BCUT2D eigenvalue weighted by Gasteiger charge is 2.05. The summed E-state index contributed by atoms with van der Waals surface area (Å²) in [6.45, 7) is 3.54. The summed E-state index contributed by atoms with van der Waals surface area (Å²) in [6.07, 6.45) is 4.89. The Balaban J connectivity index is 1.57. The van der Waals surface area contributed by atoms with Gasteiger partial charge < -0.3 is 26.8 Å². The average molecular weight is 489 g/mol. The molecule has 9 nitrogen and oxygen atoms in total. The van der Waals surface area contributed by atoms with Gasteiger partial charge in [-0.3, -0.25) is 19.9 Å². The molecular formula is C27H32N6O3. The summed E-state index contributed by atoms with van der Waals surface area (Å²) in [5.41, 5.74) is 14.2. The molecular weight excluding hydrogens is 456 g/mol. The Morgan fingerprint density at radius 3 is 1.86 bits per heavy atom. The zero-order valence-corrected chi connectivity index (χ0v) is 20.0. The summed E-state index contributed by atoms with van der Waals surface area (Å²) in [6, 6.07) is 17.0. The lowest BCUT2D eigenvalue weighted by Crippen LogP contribution is -2.31. The predicted octanol–water partition coefficient (Wildman–Crippen LogP) is 2.93. The Morgan fingerprint density at radius 2 is 1.19 bits per heavy atom. The smallest absolute Gasteiger partial charge is 0.147 e. The molecule has 3 aromatic carbocycles. The first-order chi connectivity index (χ1) is 17.4. The van der Waals surface area contributed by atoms with Gasteiger partial charge in [0.25, 0.3) is 0 Å². The fourth-order valence-corrected chi connectivity index (χ4v) is 3.38. The van der Waals surface area contributed by atoms with E-state index in [2.05, 4.69) is 19.9 Å². The maximum Gasteiger partial charge on any atom is 0.147 e. The molecule has 0 unspecified atom stereocenters. The molecule has 0 amide bonds. The van der Waals surface area contributed by atoms with E-state index in [-0.39, 0.29) is 17.2 Å². The molecule has 0 aliphatic rings. The van der Waals surface area contributed by atoms with Gasteiger partial charge in [-0.15, -0.1) is 0 Å². The van der Waals surface area contributed by atoms with E-state index < -0.39 is 0 Å². The van der Waals surface area contributed by atoms with Gasteiger partial charge in [0.05, 0.1) is 25.3 Å². The molecule has 0 bridgehead atoms. The fraction of sp³-hybridized carbons (Fsp3) is 0.222. The molecule has 0 heterocycles. The lowest BCUT2D eigenvalue weighted by molar-refractivity contribution is 0.298. The Morgan fingerprint density at radius 1 is 0.639 bits per heavy atom. The second kappa shape index (κ2) is 13.5. The van der Waals surface area contributed by atoms with Crippen molar-refractivity contribution >= 4 is 30.0 Å². The second-order valence-corrected chi connectivity index (χ2v) is 8.11. The lowest BCUT2D eigenvalue weighted by Gasteiger charge is -2.19. The summed E-state index contributed by atoms with van der Waals surface area (Å²) in [4.78, 5) is 15.5. The van der Waals surface area contributed by atoms with Gasteiger partial charge >= 0.3 is 0 Å². The monoisotopic (exact) mass is 488 g/mol. The highest BCUT2D eigenvalue weighted by Crippen LogP contribution is 2.22. The molecule has 36 heavy (non-hydrogen) atoms. The van der Waals surface area contributed by atoms with Crippen molar-refractivity contribution in [3.63, 3.8) is 0 Å². The highest BCUT2D eigenvalue weighted by atomic mass is 16.3. The lowest BCUT2D eigenvalue weighted by atomic mass is 10.2. The van der Waals surface area contributed by atoms with Crippen LogP contribution in [-0.2, 0) is 0 Å². The molecule has 0 aliphatic carbocycles. The van der Waals surface area contributed by atoms with Gasteiger partial charge in [-0.2, -0.15) is 0 Å². The number of aromatic hydroxyl groups is 3. The van der Waals surface area contributed by atoms with E-state index in [1.807, 2.05) is 6.07 Å². The number of phenols is 3. The minimum atomic E-state index is 0.0238. The van der Waals surface area contributed by atoms with Gasteiger partial charge in [0.1, 0.15) is 17.2 Å². The number of nitrogens with two attached hydrogens (primary N) is 2. The van der Waals surface area contributed by atoms with Gasteiger partial charge in [0, 0.05) is 60.7 Å². The van der Waals surface area contributed by atoms with Crippen molar-refractivity contribution in [1.82, 2.24) is 4.90 Å². The first-order valence-electron chi connectivity index (χ1n) is 11.6.